The van der Waals surface area contributed by atoms with Crippen LogP contribution < -0.4 is 10.6 Å². The summed E-state index contributed by atoms with van der Waals surface area (Å²) < 4.78 is 0. The van der Waals surface area contributed by atoms with Crippen molar-refractivity contribution in [1.82, 2.24) is 0 Å². The van der Waals surface area contributed by atoms with Gasteiger partial charge < -0.3 is 10.6 Å². The first kappa shape index (κ1) is 34.8. The molecule has 2 heteroatoms. The predicted molar refractivity (Wildman–Crippen MR) is 228 cm³/mol. The van der Waals surface area contributed by atoms with Crippen molar-refractivity contribution in [2.24, 2.45) is 0 Å². The molecular formula is C51H44N2. The molecule has 2 N–H and O–H groups in total. The zero-order chi connectivity index (χ0) is 36.5. The van der Waals surface area contributed by atoms with E-state index < -0.39 is 5.41 Å². The molecule has 0 bridgehead atoms. The van der Waals surface area contributed by atoms with Crippen LogP contribution in [0.4, 0.5) is 17.1 Å². The van der Waals surface area contributed by atoms with Gasteiger partial charge in [0.15, 0.2) is 0 Å². The second kappa shape index (κ2) is 16.1. The van der Waals surface area contributed by atoms with Gasteiger partial charge in [-0.3, -0.25) is 0 Å². The maximum absolute atomic E-state index is 4.84. The van der Waals surface area contributed by atoms with Gasteiger partial charge in [-0.05, 0) is 99.0 Å². The van der Waals surface area contributed by atoms with E-state index >= 15 is 0 Å². The van der Waals surface area contributed by atoms with Crippen LogP contribution in [0.2, 0.25) is 0 Å². The minimum atomic E-state index is -0.657. The van der Waals surface area contributed by atoms with Crippen molar-refractivity contribution >= 4 is 17.1 Å². The van der Waals surface area contributed by atoms with Crippen molar-refractivity contribution in [2.75, 3.05) is 10.6 Å². The quantitative estimate of drug-likeness (QED) is 0.118. The minimum Gasteiger partial charge on any atom is -0.361 e. The van der Waals surface area contributed by atoms with Crippen LogP contribution in [-0.4, -0.2) is 0 Å². The molecule has 0 spiro atoms. The smallest absolute Gasteiger partial charge is 0.0728 e. The Hall–Kier alpha value is -6.64. The molecule has 0 heterocycles. The standard InChI is InChI=1S/C51H44N2/c1-4-6-8-21-35-52-50-32-20-18-30-47(50)51(38(3)22-10-7-5-2)46-29-17-16-28-44(46)45-34-33-40(37-48(45)51)43-27-15-13-23-39(43)36-41-24-14-19-31-49(41)53-42-25-11-9-12-26-42/h4-35,37,52-53H,1,3,36H2,2H3/b7-5-,8-6-,22-10-,35-21-. The molecule has 0 aromatic heterocycles. The maximum Gasteiger partial charge on any atom is 0.0728 e. The molecule has 258 valence electrons. The largest absolute Gasteiger partial charge is 0.361 e. The third kappa shape index (κ3) is 7.00. The summed E-state index contributed by atoms with van der Waals surface area (Å²) in [5, 5.41) is 7.26. The molecular weight excluding hydrogens is 641 g/mol. The van der Waals surface area contributed by atoms with Gasteiger partial charge in [-0.2, -0.15) is 0 Å². The Morgan fingerprint density at radius 1 is 0.585 bits per heavy atom. The first-order chi connectivity index (χ1) is 26.1. The van der Waals surface area contributed by atoms with E-state index in [4.69, 9.17) is 6.58 Å². The Morgan fingerprint density at radius 2 is 1.25 bits per heavy atom. The van der Waals surface area contributed by atoms with Crippen LogP contribution in [0.25, 0.3) is 22.3 Å². The lowest BCUT2D eigenvalue weighted by atomic mass is 9.66. The Morgan fingerprint density at radius 3 is 2.04 bits per heavy atom. The lowest BCUT2D eigenvalue weighted by Crippen LogP contribution is -2.29. The van der Waals surface area contributed by atoms with Gasteiger partial charge in [0, 0.05) is 29.7 Å². The predicted octanol–water partition coefficient (Wildman–Crippen LogP) is 13.4. The summed E-state index contributed by atoms with van der Waals surface area (Å²) in [4.78, 5) is 0. The zero-order valence-corrected chi connectivity index (χ0v) is 30.2. The van der Waals surface area contributed by atoms with Crippen LogP contribution >= 0.6 is 0 Å². The number of allylic oxidation sites excluding steroid dienone is 9. The van der Waals surface area contributed by atoms with Crippen molar-refractivity contribution in [3.63, 3.8) is 0 Å². The molecule has 2 nitrogen and oxygen atoms in total. The molecule has 0 aliphatic heterocycles. The average Bonchev–Trinajstić information content (AvgIpc) is 3.50. The molecule has 1 aliphatic carbocycles. The van der Waals surface area contributed by atoms with Gasteiger partial charge >= 0.3 is 0 Å². The number of hydrogen-bond acceptors (Lipinski definition) is 2. The SMILES string of the molecule is C=C/C=C\C=C/Nc1ccccc1C1(C(=C)/C=C\C=C/C)c2ccccc2-c2ccc(-c3ccccc3Cc3ccccc3Nc3ccccc3)cc21. The summed E-state index contributed by atoms with van der Waals surface area (Å²) in [6.07, 6.45) is 18.8. The van der Waals surface area contributed by atoms with E-state index in [1.54, 1.807) is 6.08 Å². The highest BCUT2D eigenvalue weighted by Crippen LogP contribution is 2.58. The highest BCUT2D eigenvalue weighted by molar-refractivity contribution is 5.90. The second-order valence-electron chi connectivity index (χ2n) is 13.1. The molecule has 0 saturated carbocycles. The fraction of sp³-hybridized carbons (Fsp3) is 0.0588. The molecule has 0 fully saturated rings. The number of para-hydroxylation sites is 3. The molecule has 0 radical (unpaired) electrons. The number of hydrogen-bond donors (Lipinski definition) is 2. The zero-order valence-electron chi connectivity index (χ0n) is 30.2. The number of benzene rings is 6. The summed E-state index contributed by atoms with van der Waals surface area (Å²) in [6.45, 7) is 10.7. The molecule has 1 aliphatic rings. The highest BCUT2D eigenvalue weighted by atomic mass is 14.9. The maximum atomic E-state index is 4.84. The van der Waals surface area contributed by atoms with Crippen LogP contribution in [-0.2, 0) is 11.8 Å². The van der Waals surface area contributed by atoms with Crippen LogP contribution in [0.15, 0.2) is 219 Å². The van der Waals surface area contributed by atoms with Crippen molar-refractivity contribution in [3.8, 4) is 22.3 Å². The highest BCUT2D eigenvalue weighted by Gasteiger charge is 2.47. The van der Waals surface area contributed by atoms with E-state index in [0.717, 1.165) is 34.6 Å². The normalized spacial score (nSPS) is 14.9. The lowest BCUT2D eigenvalue weighted by Gasteiger charge is -2.36. The Bertz CT molecular complexity index is 2370. The molecule has 1 atom stereocenters. The molecule has 6 aromatic rings. The summed E-state index contributed by atoms with van der Waals surface area (Å²) in [6, 6.07) is 52.2. The number of nitrogens with one attached hydrogen (secondary N) is 2. The van der Waals surface area contributed by atoms with Gasteiger partial charge in [-0.1, -0.05) is 171 Å². The molecule has 7 rings (SSSR count). The Labute approximate surface area is 314 Å². The monoisotopic (exact) mass is 684 g/mol. The van der Waals surface area contributed by atoms with E-state index in [0.29, 0.717) is 0 Å². The molecule has 0 saturated heterocycles. The van der Waals surface area contributed by atoms with E-state index in [2.05, 4.69) is 175 Å². The fourth-order valence-corrected chi connectivity index (χ4v) is 7.57. The van der Waals surface area contributed by atoms with Crippen molar-refractivity contribution in [3.05, 3.63) is 247 Å². The van der Waals surface area contributed by atoms with E-state index in [1.165, 1.54) is 44.5 Å². The number of rotatable bonds is 13. The van der Waals surface area contributed by atoms with Gasteiger partial charge in [-0.25, -0.2) is 0 Å². The van der Waals surface area contributed by atoms with Crippen LogP contribution in [0.1, 0.15) is 34.7 Å². The molecule has 6 aromatic carbocycles. The number of fused-ring (bicyclic) bond motifs is 3. The van der Waals surface area contributed by atoms with Gasteiger partial charge in [0.1, 0.15) is 0 Å². The molecule has 53 heavy (non-hydrogen) atoms. The van der Waals surface area contributed by atoms with Crippen LogP contribution in [0, 0.1) is 0 Å². The first-order valence-electron chi connectivity index (χ1n) is 18.2. The second-order valence-corrected chi connectivity index (χ2v) is 13.1. The third-order valence-corrected chi connectivity index (χ3v) is 9.93. The van der Waals surface area contributed by atoms with Gasteiger partial charge in [0.05, 0.1) is 5.41 Å². The van der Waals surface area contributed by atoms with Gasteiger partial charge in [0.2, 0.25) is 0 Å². The minimum absolute atomic E-state index is 0.657. The summed E-state index contributed by atoms with van der Waals surface area (Å²) in [5.74, 6) is 0. The van der Waals surface area contributed by atoms with Crippen LogP contribution in [0.5, 0.6) is 0 Å². The summed E-state index contributed by atoms with van der Waals surface area (Å²) in [5.41, 5.74) is 14.5. The van der Waals surface area contributed by atoms with Crippen molar-refractivity contribution in [2.45, 2.75) is 18.8 Å². The fourth-order valence-electron chi connectivity index (χ4n) is 7.57. The molecule has 1 unspecified atom stereocenters. The lowest BCUT2D eigenvalue weighted by molar-refractivity contribution is 0.773. The van der Waals surface area contributed by atoms with E-state index in [9.17, 15) is 0 Å². The summed E-state index contributed by atoms with van der Waals surface area (Å²) >= 11 is 0. The van der Waals surface area contributed by atoms with Gasteiger partial charge in [-0.15, -0.1) is 0 Å². The van der Waals surface area contributed by atoms with E-state index in [-0.39, 0.29) is 0 Å². The van der Waals surface area contributed by atoms with Crippen LogP contribution in [0.3, 0.4) is 0 Å². The Balaban J connectivity index is 1.39. The average molecular weight is 685 g/mol. The topological polar surface area (TPSA) is 24.1 Å². The first-order valence-corrected chi connectivity index (χ1v) is 18.2. The summed E-state index contributed by atoms with van der Waals surface area (Å²) in [7, 11) is 0. The third-order valence-electron chi connectivity index (χ3n) is 9.93. The Kier molecular flexibility index (Phi) is 10.6. The number of anilines is 3. The molecule has 0 amide bonds. The van der Waals surface area contributed by atoms with E-state index in [1.807, 2.05) is 43.5 Å². The van der Waals surface area contributed by atoms with Crippen molar-refractivity contribution < 1.29 is 0 Å². The van der Waals surface area contributed by atoms with Crippen molar-refractivity contribution in [1.29, 1.82) is 0 Å². The van der Waals surface area contributed by atoms with Gasteiger partial charge in [0.25, 0.3) is 0 Å².